The summed E-state index contributed by atoms with van der Waals surface area (Å²) in [5.41, 5.74) is 5.02. The number of carbonyl (C=O) groups excluding carboxylic acids is 2. The number of benzene rings is 3. The van der Waals surface area contributed by atoms with Crippen molar-refractivity contribution in [2.45, 2.75) is 58.8 Å². The van der Waals surface area contributed by atoms with E-state index >= 15 is 0 Å². The lowest BCUT2D eigenvalue weighted by Gasteiger charge is -2.32. The molecular weight excluding hydrogens is 560 g/mol. The maximum Gasteiger partial charge on any atom is 0.324 e. The number of hydrogen-bond acceptors (Lipinski definition) is 3. The van der Waals surface area contributed by atoms with Crippen LogP contribution in [0.5, 0.6) is 0 Å². The van der Waals surface area contributed by atoms with E-state index in [1.165, 1.54) is 6.07 Å². The van der Waals surface area contributed by atoms with Crippen LogP contribution in [-0.4, -0.2) is 39.7 Å². The monoisotopic (exact) mass is 599 g/mol. The average Bonchev–Trinajstić information content (AvgIpc) is 3.41. The molecule has 0 unspecified atom stereocenters. The normalized spacial score (nSPS) is 14.0. The summed E-state index contributed by atoms with van der Waals surface area (Å²) >= 11 is 0. The highest BCUT2D eigenvalue weighted by Gasteiger charge is 2.24. The fourth-order valence-electron chi connectivity index (χ4n) is 5.38. The smallest absolute Gasteiger partial charge is 0.324 e. The minimum atomic E-state index is -0.934. The van der Waals surface area contributed by atoms with E-state index in [0.717, 1.165) is 53.9 Å². The number of likely N-dealkylation sites (tertiary alicyclic amines) is 1. The van der Waals surface area contributed by atoms with Crippen molar-refractivity contribution in [1.82, 2.24) is 14.7 Å². The summed E-state index contributed by atoms with van der Waals surface area (Å²) in [5.74, 6) is -0.896. The number of amides is 3. The highest BCUT2D eigenvalue weighted by atomic mass is 19.2. The average molecular weight is 600 g/mol. The first kappa shape index (κ1) is 30.9. The molecule has 44 heavy (non-hydrogen) atoms. The molecule has 1 aromatic heterocycles. The fraction of sp³-hybridized carbons (Fsp3) is 0.343. The summed E-state index contributed by atoms with van der Waals surface area (Å²) in [6.45, 7) is 9.57. The Morgan fingerprint density at radius 2 is 1.52 bits per heavy atom. The van der Waals surface area contributed by atoms with Gasteiger partial charge in [0.1, 0.15) is 5.82 Å². The van der Waals surface area contributed by atoms with Crippen LogP contribution in [0.2, 0.25) is 0 Å². The first-order valence-corrected chi connectivity index (χ1v) is 15.0. The van der Waals surface area contributed by atoms with Crippen LogP contribution >= 0.6 is 0 Å². The van der Waals surface area contributed by atoms with Crippen molar-refractivity contribution in [3.8, 4) is 5.69 Å². The van der Waals surface area contributed by atoms with E-state index in [2.05, 4.69) is 31.4 Å². The largest absolute Gasteiger partial charge is 0.342 e. The lowest BCUT2D eigenvalue weighted by molar-refractivity contribution is -0.131. The van der Waals surface area contributed by atoms with E-state index < -0.39 is 11.6 Å². The maximum atomic E-state index is 13.5. The molecule has 1 fully saturated rings. The molecule has 0 aliphatic carbocycles. The van der Waals surface area contributed by atoms with Crippen molar-refractivity contribution in [2.24, 2.45) is 5.92 Å². The Bertz CT molecular complexity index is 1620. The van der Waals surface area contributed by atoms with Gasteiger partial charge in [-0.25, -0.2) is 18.3 Å². The van der Waals surface area contributed by atoms with Gasteiger partial charge < -0.3 is 10.2 Å². The van der Waals surface area contributed by atoms with Gasteiger partial charge in [-0.15, -0.1) is 0 Å². The van der Waals surface area contributed by atoms with Crippen LogP contribution in [-0.2, 0) is 23.1 Å². The first-order chi connectivity index (χ1) is 20.9. The summed E-state index contributed by atoms with van der Waals surface area (Å²) in [6.07, 6.45) is 2.69. The standard InChI is InChI=1S/C35H39F2N5O2/c1-23-5-12-28(13-6-23)42-32(22-31(40-42)35(2,3)4)39-34(44)38-27-10-7-24(8-11-27)19-25-15-17-41(18-16-25)33(43)21-26-9-14-29(36)30(37)20-26/h5-14,20,22,25H,15-19,21H2,1-4H3,(H2,38,39,44). The van der Waals surface area contributed by atoms with Gasteiger partial charge in [0, 0.05) is 30.3 Å². The Morgan fingerprint density at radius 3 is 2.16 bits per heavy atom. The Kier molecular flexibility index (Phi) is 9.13. The number of nitrogens with one attached hydrogen (secondary N) is 2. The molecule has 4 aromatic rings. The predicted molar refractivity (Wildman–Crippen MR) is 169 cm³/mol. The van der Waals surface area contributed by atoms with E-state index in [4.69, 9.17) is 5.10 Å². The Morgan fingerprint density at radius 1 is 0.864 bits per heavy atom. The van der Waals surface area contributed by atoms with Gasteiger partial charge in [-0.05, 0) is 79.6 Å². The molecule has 230 valence electrons. The van der Waals surface area contributed by atoms with Crippen molar-refractivity contribution < 1.29 is 18.4 Å². The Hall–Kier alpha value is -4.53. The third kappa shape index (κ3) is 7.70. The second-order valence-corrected chi connectivity index (χ2v) is 12.6. The van der Waals surface area contributed by atoms with Gasteiger partial charge in [0.15, 0.2) is 11.6 Å². The van der Waals surface area contributed by atoms with Crippen molar-refractivity contribution >= 4 is 23.4 Å². The molecule has 0 atom stereocenters. The van der Waals surface area contributed by atoms with Crippen LogP contribution in [0, 0.1) is 24.5 Å². The van der Waals surface area contributed by atoms with E-state index in [1.54, 1.807) is 9.58 Å². The Balaban J connectivity index is 1.13. The minimum Gasteiger partial charge on any atom is -0.342 e. The van der Waals surface area contributed by atoms with Gasteiger partial charge in [0.2, 0.25) is 5.91 Å². The van der Waals surface area contributed by atoms with Crippen LogP contribution in [0.1, 0.15) is 56.0 Å². The summed E-state index contributed by atoms with van der Waals surface area (Å²) in [4.78, 5) is 27.5. The quantitative estimate of drug-likeness (QED) is 0.232. The van der Waals surface area contributed by atoms with Gasteiger partial charge in [0.05, 0.1) is 17.8 Å². The van der Waals surface area contributed by atoms with Gasteiger partial charge in [-0.1, -0.05) is 56.7 Å². The second-order valence-electron chi connectivity index (χ2n) is 12.6. The molecule has 1 aliphatic heterocycles. The van der Waals surface area contributed by atoms with Crippen molar-refractivity contribution in [3.05, 3.63) is 107 Å². The van der Waals surface area contributed by atoms with Crippen molar-refractivity contribution in [1.29, 1.82) is 0 Å². The van der Waals surface area contributed by atoms with Crippen LogP contribution in [0.15, 0.2) is 72.8 Å². The van der Waals surface area contributed by atoms with Crippen LogP contribution < -0.4 is 10.6 Å². The Labute approximate surface area is 257 Å². The minimum absolute atomic E-state index is 0.0654. The molecule has 3 amide bonds. The number of urea groups is 1. The highest BCUT2D eigenvalue weighted by molar-refractivity contribution is 5.99. The topological polar surface area (TPSA) is 79.3 Å². The van der Waals surface area contributed by atoms with Crippen molar-refractivity contribution in [2.75, 3.05) is 23.7 Å². The lowest BCUT2D eigenvalue weighted by atomic mass is 9.90. The van der Waals surface area contributed by atoms with Crippen LogP contribution in [0.25, 0.3) is 5.69 Å². The number of carbonyl (C=O) groups is 2. The molecule has 7 nitrogen and oxygen atoms in total. The van der Waals surface area contributed by atoms with Crippen molar-refractivity contribution in [3.63, 3.8) is 0 Å². The summed E-state index contributed by atoms with van der Waals surface area (Å²) < 4.78 is 28.4. The number of halogens is 2. The molecule has 1 saturated heterocycles. The third-order valence-corrected chi connectivity index (χ3v) is 8.04. The molecule has 1 aliphatic rings. The highest BCUT2D eigenvalue weighted by Crippen LogP contribution is 2.27. The molecular formula is C35H39F2N5O2. The zero-order valence-electron chi connectivity index (χ0n) is 25.7. The number of anilines is 2. The van der Waals surface area contributed by atoms with Crippen LogP contribution in [0.3, 0.4) is 0 Å². The number of piperidine rings is 1. The van der Waals surface area contributed by atoms with E-state index in [9.17, 15) is 18.4 Å². The SMILES string of the molecule is Cc1ccc(-n2nc(C(C)(C)C)cc2NC(=O)Nc2ccc(CC3CCN(C(=O)Cc4ccc(F)c(F)c4)CC3)cc2)cc1. The predicted octanol–water partition coefficient (Wildman–Crippen LogP) is 7.42. The van der Waals surface area contributed by atoms with Gasteiger partial charge >= 0.3 is 6.03 Å². The molecule has 3 aromatic carbocycles. The summed E-state index contributed by atoms with van der Waals surface area (Å²) in [6, 6.07) is 21.0. The molecule has 0 saturated carbocycles. The molecule has 2 N–H and O–H groups in total. The zero-order valence-corrected chi connectivity index (χ0v) is 25.7. The van der Waals surface area contributed by atoms with E-state index in [0.29, 0.717) is 36.1 Å². The molecule has 0 bridgehead atoms. The van der Waals surface area contributed by atoms with E-state index in [1.807, 2.05) is 61.5 Å². The van der Waals surface area contributed by atoms with Gasteiger partial charge in [-0.2, -0.15) is 5.10 Å². The fourth-order valence-corrected chi connectivity index (χ4v) is 5.38. The number of aryl methyl sites for hydroxylation is 1. The first-order valence-electron chi connectivity index (χ1n) is 15.0. The molecule has 0 radical (unpaired) electrons. The van der Waals surface area contributed by atoms with Gasteiger partial charge in [-0.3, -0.25) is 10.1 Å². The number of hydrogen-bond donors (Lipinski definition) is 2. The summed E-state index contributed by atoms with van der Waals surface area (Å²) in [7, 11) is 0. The third-order valence-electron chi connectivity index (χ3n) is 8.04. The maximum absolute atomic E-state index is 13.5. The zero-order chi connectivity index (χ0) is 31.4. The van der Waals surface area contributed by atoms with Gasteiger partial charge in [0.25, 0.3) is 0 Å². The van der Waals surface area contributed by atoms with Crippen LogP contribution in [0.4, 0.5) is 25.1 Å². The number of nitrogens with zero attached hydrogens (tertiary/aromatic N) is 3. The molecule has 5 rings (SSSR count). The number of rotatable bonds is 7. The second kappa shape index (κ2) is 13.0. The number of aromatic nitrogens is 2. The molecule has 0 spiro atoms. The molecule has 2 heterocycles. The summed E-state index contributed by atoms with van der Waals surface area (Å²) in [5, 5.41) is 10.7. The van der Waals surface area contributed by atoms with E-state index in [-0.39, 0.29) is 23.8 Å². The lowest BCUT2D eigenvalue weighted by Crippen LogP contribution is -2.39. The molecule has 9 heteroatoms.